The third-order valence-electron chi connectivity index (χ3n) is 1.27. The number of nitrogens with zero attached hydrogens (tertiary/aromatic N) is 2. The van der Waals surface area contributed by atoms with E-state index >= 15 is 0 Å². The van der Waals surface area contributed by atoms with Crippen LogP contribution in [0.15, 0.2) is 12.4 Å². The van der Waals surface area contributed by atoms with Crippen LogP contribution in [0.5, 0.6) is 0 Å². The van der Waals surface area contributed by atoms with Crippen molar-refractivity contribution in [3.05, 3.63) is 23.8 Å². The molecule has 0 saturated heterocycles. The smallest absolute Gasteiger partial charge is 0.153 e. The lowest BCUT2D eigenvalue weighted by molar-refractivity contribution is 0.177. The van der Waals surface area contributed by atoms with E-state index in [1.807, 2.05) is 0 Å². The molecule has 0 saturated carbocycles. The number of hydrogen-bond acceptors (Lipinski definition) is 4. The van der Waals surface area contributed by atoms with Crippen molar-refractivity contribution in [2.75, 3.05) is 7.11 Å². The van der Waals surface area contributed by atoms with Crippen LogP contribution < -0.4 is 5.73 Å². The zero-order valence-corrected chi connectivity index (χ0v) is 6.45. The Morgan fingerprint density at radius 3 is 2.55 bits per heavy atom. The van der Waals surface area contributed by atoms with E-state index in [4.69, 9.17) is 10.5 Å². The van der Waals surface area contributed by atoms with E-state index in [1.165, 1.54) is 0 Å². The van der Waals surface area contributed by atoms with E-state index in [9.17, 15) is 0 Å². The van der Waals surface area contributed by atoms with Gasteiger partial charge in [-0.1, -0.05) is 0 Å². The molecule has 11 heavy (non-hydrogen) atoms. The second-order valence-electron chi connectivity index (χ2n) is 2.14. The van der Waals surface area contributed by atoms with Gasteiger partial charge in [0.1, 0.15) is 6.61 Å². The van der Waals surface area contributed by atoms with Crippen LogP contribution in [-0.2, 0) is 17.9 Å². The number of rotatable bonds is 3. The molecule has 1 rings (SSSR count). The van der Waals surface area contributed by atoms with E-state index in [1.54, 1.807) is 19.5 Å². The fourth-order valence-corrected chi connectivity index (χ4v) is 0.691. The first-order chi connectivity index (χ1) is 5.36. The minimum atomic E-state index is 0.449. The van der Waals surface area contributed by atoms with Crippen molar-refractivity contribution >= 4 is 0 Å². The van der Waals surface area contributed by atoms with Crippen LogP contribution in [0.3, 0.4) is 0 Å². The van der Waals surface area contributed by atoms with Gasteiger partial charge in [-0.3, -0.25) is 0 Å². The number of ether oxygens (including phenoxy) is 1. The van der Waals surface area contributed by atoms with Crippen LogP contribution in [0, 0.1) is 0 Å². The molecule has 4 nitrogen and oxygen atoms in total. The Morgan fingerprint density at radius 1 is 1.45 bits per heavy atom. The molecule has 0 fully saturated rings. The molecule has 1 aromatic heterocycles. The van der Waals surface area contributed by atoms with Crippen LogP contribution >= 0.6 is 0 Å². The predicted octanol–water partition coefficient (Wildman–Crippen LogP) is 0.0817. The molecule has 2 N–H and O–H groups in total. The highest BCUT2D eigenvalue weighted by molar-refractivity contribution is 5.03. The first-order valence-corrected chi connectivity index (χ1v) is 3.35. The molecule has 1 heterocycles. The van der Waals surface area contributed by atoms with Crippen LogP contribution in [0.1, 0.15) is 11.4 Å². The summed E-state index contributed by atoms with van der Waals surface area (Å²) < 4.78 is 4.85. The molecule has 60 valence electrons. The largest absolute Gasteiger partial charge is 0.377 e. The maximum Gasteiger partial charge on any atom is 0.153 e. The molecule has 0 bridgehead atoms. The lowest BCUT2D eigenvalue weighted by Gasteiger charge is -1.98. The highest BCUT2D eigenvalue weighted by Gasteiger charge is 1.94. The Hall–Kier alpha value is -1.00. The SMILES string of the molecule is COCc1ncc(CN)cn1. The fourth-order valence-electron chi connectivity index (χ4n) is 0.691. The first-order valence-electron chi connectivity index (χ1n) is 3.35. The summed E-state index contributed by atoms with van der Waals surface area (Å²) >= 11 is 0. The first kappa shape index (κ1) is 8.10. The van der Waals surface area contributed by atoms with Crippen molar-refractivity contribution in [2.24, 2.45) is 5.73 Å². The van der Waals surface area contributed by atoms with Gasteiger partial charge < -0.3 is 10.5 Å². The summed E-state index contributed by atoms with van der Waals surface area (Å²) in [4.78, 5) is 8.05. The predicted molar refractivity (Wildman–Crippen MR) is 40.6 cm³/mol. The second kappa shape index (κ2) is 4.00. The molecule has 0 aromatic carbocycles. The lowest BCUT2D eigenvalue weighted by atomic mass is 10.3. The third-order valence-corrected chi connectivity index (χ3v) is 1.27. The minimum Gasteiger partial charge on any atom is -0.377 e. The average molecular weight is 153 g/mol. The van der Waals surface area contributed by atoms with E-state index in [2.05, 4.69) is 9.97 Å². The van der Waals surface area contributed by atoms with Crippen LogP contribution in [-0.4, -0.2) is 17.1 Å². The van der Waals surface area contributed by atoms with Crippen LogP contribution in [0.25, 0.3) is 0 Å². The monoisotopic (exact) mass is 153 g/mol. The van der Waals surface area contributed by atoms with Gasteiger partial charge in [0.25, 0.3) is 0 Å². The van der Waals surface area contributed by atoms with Gasteiger partial charge in [-0.15, -0.1) is 0 Å². The number of nitrogens with two attached hydrogens (primary N) is 1. The molecular weight excluding hydrogens is 142 g/mol. The van der Waals surface area contributed by atoms with E-state index in [-0.39, 0.29) is 0 Å². The standard InChI is InChI=1S/C7H11N3O/c1-11-5-7-9-3-6(2-8)4-10-7/h3-4H,2,5,8H2,1H3. The van der Waals surface area contributed by atoms with E-state index < -0.39 is 0 Å². The quantitative estimate of drug-likeness (QED) is 0.668. The van der Waals surface area contributed by atoms with Gasteiger partial charge in [0, 0.05) is 31.6 Å². The lowest BCUT2D eigenvalue weighted by Crippen LogP contribution is -2.01. The van der Waals surface area contributed by atoms with E-state index in [0.717, 1.165) is 5.56 Å². The average Bonchev–Trinajstić information content (AvgIpc) is 2.07. The molecular formula is C7H11N3O. The summed E-state index contributed by atoms with van der Waals surface area (Å²) in [5.41, 5.74) is 6.30. The normalized spacial score (nSPS) is 10.0. The second-order valence-corrected chi connectivity index (χ2v) is 2.14. The molecule has 0 atom stereocenters. The molecule has 0 spiro atoms. The molecule has 0 aliphatic rings. The number of hydrogen-bond donors (Lipinski definition) is 1. The van der Waals surface area contributed by atoms with Crippen molar-refractivity contribution in [2.45, 2.75) is 13.2 Å². The van der Waals surface area contributed by atoms with Crippen molar-refractivity contribution in [3.8, 4) is 0 Å². The van der Waals surface area contributed by atoms with Gasteiger partial charge in [0.2, 0.25) is 0 Å². The summed E-state index contributed by atoms with van der Waals surface area (Å²) in [6.07, 6.45) is 3.42. The summed E-state index contributed by atoms with van der Waals surface area (Å²) in [7, 11) is 1.61. The Kier molecular flexibility index (Phi) is 2.95. The van der Waals surface area contributed by atoms with Gasteiger partial charge in [-0.05, 0) is 0 Å². The highest BCUT2D eigenvalue weighted by atomic mass is 16.5. The highest BCUT2D eigenvalue weighted by Crippen LogP contribution is 1.94. The Bertz CT molecular complexity index is 209. The topological polar surface area (TPSA) is 61.0 Å². The maximum atomic E-state index is 5.36. The van der Waals surface area contributed by atoms with Crippen molar-refractivity contribution in [3.63, 3.8) is 0 Å². The van der Waals surface area contributed by atoms with E-state index in [0.29, 0.717) is 19.0 Å². The van der Waals surface area contributed by atoms with Gasteiger partial charge in [0.15, 0.2) is 5.82 Å². The van der Waals surface area contributed by atoms with Crippen molar-refractivity contribution in [1.82, 2.24) is 9.97 Å². The van der Waals surface area contributed by atoms with Gasteiger partial charge in [0.05, 0.1) is 0 Å². The van der Waals surface area contributed by atoms with Crippen LogP contribution in [0.2, 0.25) is 0 Å². The molecule has 0 aliphatic heterocycles. The summed E-state index contributed by atoms with van der Waals surface area (Å²) in [6, 6.07) is 0. The minimum absolute atomic E-state index is 0.449. The van der Waals surface area contributed by atoms with Gasteiger partial charge in [-0.2, -0.15) is 0 Å². The third kappa shape index (κ3) is 2.25. The van der Waals surface area contributed by atoms with Crippen molar-refractivity contribution in [1.29, 1.82) is 0 Å². The molecule has 0 aliphatic carbocycles. The Morgan fingerprint density at radius 2 is 2.09 bits per heavy atom. The molecule has 1 aromatic rings. The summed E-state index contributed by atoms with van der Waals surface area (Å²) in [6.45, 7) is 0.929. The number of methoxy groups -OCH3 is 1. The Balaban J connectivity index is 2.66. The van der Waals surface area contributed by atoms with Gasteiger partial charge in [-0.25, -0.2) is 9.97 Å². The van der Waals surface area contributed by atoms with Crippen LogP contribution in [0.4, 0.5) is 0 Å². The fraction of sp³-hybridized carbons (Fsp3) is 0.429. The summed E-state index contributed by atoms with van der Waals surface area (Å²) in [5, 5.41) is 0. The molecule has 0 unspecified atom stereocenters. The maximum absolute atomic E-state index is 5.36. The van der Waals surface area contributed by atoms with Crippen molar-refractivity contribution < 1.29 is 4.74 Å². The number of aromatic nitrogens is 2. The molecule has 4 heteroatoms. The summed E-state index contributed by atoms with van der Waals surface area (Å²) in [5.74, 6) is 0.685. The molecule has 0 radical (unpaired) electrons. The molecule has 0 amide bonds. The zero-order valence-electron chi connectivity index (χ0n) is 6.45. The van der Waals surface area contributed by atoms with Gasteiger partial charge >= 0.3 is 0 Å². The zero-order chi connectivity index (χ0) is 8.10. The Labute approximate surface area is 65.4 Å².